The monoisotopic (exact) mass is 355 g/mol. The zero-order chi connectivity index (χ0) is 14.6. The lowest BCUT2D eigenvalue weighted by atomic mass is 10.1. The third kappa shape index (κ3) is 3.26. The molecule has 0 unspecified atom stereocenters. The number of benzene rings is 1. The lowest BCUT2D eigenvalue weighted by Gasteiger charge is -2.27. The van der Waals surface area contributed by atoms with Crippen LogP contribution in [0.2, 0.25) is 0 Å². The van der Waals surface area contributed by atoms with Gasteiger partial charge in [0.1, 0.15) is 0 Å². The van der Waals surface area contributed by atoms with Crippen molar-refractivity contribution >= 4 is 35.7 Å². The molecule has 1 aromatic carbocycles. The number of likely N-dealkylation sites (tertiary alicyclic amines) is 1. The molecule has 0 aliphatic carbocycles. The Morgan fingerprint density at radius 1 is 1.22 bits per heavy atom. The Bertz CT molecular complexity index is 774. The third-order valence-electron chi connectivity index (χ3n) is 4.88. The zero-order valence-electron chi connectivity index (χ0n) is 13.4. The maximum atomic E-state index is 12.4. The average molecular weight is 356 g/mol. The predicted molar refractivity (Wildman–Crippen MR) is 99.1 cm³/mol. The minimum atomic E-state index is 0. The number of aryl methyl sites for hydroxylation is 2. The first-order valence-electron chi connectivity index (χ1n) is 7.71. The van der Waals surface area contributed by atoms with E-state index in [1.165, 1.54) is 6.42 Å². The molecule has 2 atom stereocenters. The summed E-state index contributed by atoms with van der Waals surface area (Å²) < 4.78 is 0. The molecule has 2 aliphatic heterocycles. The summed E-state index contributed by atoms with van der Waals surface area (Å²) in [4.78, 5) is 18.4. The number of hydrogen-bond acceptors (Lipinski definition) is 3. The van der Waals surface area contributed by atoms with Gasteiger partial charge in [-0.15, -0.1) is 24.8 Å². The smallest absolute Gasteiger partial charge is 0.189 e. The number of aromatic amines is 1. The van der Waals surface area contributed by atoms with Gasteiger partial charge in [0.15, 0.2) is 5.43 Å². The van der Waals surface area contributed by atoms with E-state index in [2.05, 4.69) is 28.2 Å². The Morgan fingerprint density at radius 2 is 2.00 bits per heavy atom. The van der Waals surface area contributed by atoms with Crippen molar-refractivity contribution in [3.8, 4) is 0 Å². The molecular weight excluding hydrogens is 333 g/mol. The van der Waals surface area contributed by atoms with Crippen LogP contribution in [-0.2, 0) is 6.54 Å². The number of nitrogens with one attached hydrogen (secondary N) is 2. The molecule has 3 heterocycles. The van der Waals surface area contributed by atoms with E-state index in [0.717, 1.165) is 47.4 Å². The molecule has 0 saturated carbocycles. The van der Waals surface area contributed by atoms with Crippen molar-refractivity contribution in [2.75, 3.05) is 13.1 Å². The van der Waals surface area contributed by atoms with Gasteiger partial charge >= 0.3 is 0 Å². The summed E-state index contributed by atoms with van der Waals surface area (Å²) in [6, 6.07) is 7.16. The van der Waals surface area contributed by atoms with Gasteiger partial charge in [0.2, 0.25) is 0 Å². The van der Waals surface area contributed by atoms with Crippen LogP contribution in [0.15, 0.2) is 23.0 Å². The quantitative estimate of drug-likeness (QED) is 0.870. The van der Waals surface area contributed by atoms with E-state index in [-0.39, 0.29) is 30.2 Å². The van der Waals surface area contributed by atoms with Gasteiger partial charge in [-0.05, 0) is 37.5 Å². The van der Waals surface area contributed by atoms with Crippen LogP contribution in [0, 0.1) is 13.8 Å². The molecule has 126 valence electrons. The Kier molecular flexibility index (Phi) is 5.41. The summed E-state index contributed by atoms with van der Waals surface area (Å²) in [5, 5.41) is 4.32. The van der Waals surface area contributed by atoms with Gasteiger partial charge in [0, 0.05) is 48.9 Å². The number of rotatable bonds is 2. The second-order valence-corrected chi connectivity index (χ2v) is 6.59. The maximum absolute atomic E-state index is 12.4. The number of aromatic nitrogens is 1. The van der Waals surface area contributed by atoms with Crippen LogP contribution in [0.1, 0.15) is 23.2 Å². The van der Waals surface area contributed by atoms with Crippen molar-refractivity contribution in [2.24, 2.45) is 0 Å². The Morgan fingerprint density at radius 3 is 2.65 bits per heavy atom. The summed E-state index contributed by atoms with van der Waals surface area (Å²) >= 11 is 0. The molecule has 4 nitrogen and oxygen atoms in total. The SMILES string of the molecule is Cc1cc(C)c2[nH]c(CN3C[C@@H]4C[C@H]3CN4)cc(=O)c2c1.Cl.Cl. The van der Waals surface area contributed by atoms with Crippen molar-refractivity contribution < 1.29 is 0 Å². The van der Waals surface area contributed by atoms with Crippen molar-refractivity contribution in [3.63, 3.8) is 0 Å². The molecule has 2 aromatic rings. The van der Waals surface area contributed by atoms with E-state index >= 15 is 0 Å². The standard InChI is InChI=1S/C17H21N3O.2ClH/c1-10-3-11(2)17-15(4-10)16(21)6-13(19-17)9-20-8-12-5-14(20)7-18-12;;/h3-4,6,12,14,18H,5,7-9H2,1-2H3,(H,19,21);2*1H/t12-,14-;;/m0../s1. The maximum Gasteiger partial charge on any atom is 0.189 e. The molecule has 1 aromatic heterocycles. The fraction of sp³-hybridized carbons (Fsp3) is 0.471. The second-order valence-electron chi connectivity index (χ2n) is 6.59. The van der Waals surface area contributed by atoms with E-state index in [0.29, 0.717) is 12.1 Å². The zero-order valence-corrected chi connectivity index (χ0v) is 15.0. The fourth-order valence-electron chi connectivity index (χ4n) is 3.91. The van der Waals surface area contributed by atoms with Gasteiger partial charge in [0.25, 0.3) is 0 Å². The number of piperazine rings is 1. The van der Waals surface area contributed by atoms with E-state index < -0.39 is 0 Å². The summed E-state index contributed by atoms with van der Waals surface area (Å²) in [7, 11) is 0. The van der Waals surface area contributed by atoms with Crippen molar-refractivity contribution in [3.05, 3.63) is 45.2 Å². The fourth-order valence-corrected chi connectivity index (χ4v) is 3.91. The van der Waals surface area contributed by atoms with Crippen LogP contribution in [0.3, 0.4) is 0 Å². The minimum Gasteiger partial charge on any atom is -0.357 e. The largest absolute Gasteiger partial charge is 0.357 e. The molecule has 0 spiro atoms. The number of pyridine rings is 1. The van der Waals surface area contributed by atoms with Gasteiger partial charge < -0.3 is 10.3 Å². The first-order valence-corrected chi connectivity index (χ1v) is 7.71. The summed E-state index contributed by atoms with van der Waals surface area (Å²) in [6.45, 7) is 7.13. The van der Waals surface area contributed by atoms with Crippen LogP contribution >= 0.6 is 24.8 Å². The van der Waals surface area contributed by atoms with E-state index in [1.54, 1.807) is 6.07 Å². The topological polar surface area (TPSA) is 48.1 Å². The lowest BCUT2D eigenvalue weighted by molar-refractivity contribution is 0.215. The number of hydrogen-bond donors (Lipinski definition) is 2. The molecule has 0 radical (unpaired) electrons. The molecule has 2 bridgehead atoms. The molecule has 23 heavy (non-hydrogen) atoms. The first kappa shape index (κ1) is 18.3. The number of halogens is 2. The third-order valence-corrected chi connectivity index (χ3v) is 4.88. The minimum absolute atomic E-state index is 0. The number of H-pyrrole nitrogens is 1. The molecule has 4 rings (SSSR count). The molecule has 2 fully saturated rings. The summed E-state index contributed by atoms with van der Waals surface area (Å²) in [6.07, 6.45) is 1.25. The Hall–Kier alpha value is -1.07. The molecule has 2 N–H and O–H groups in total. The number of nitrogens with zero attached hydrogens (tertiary/aromatic N) is 1. The molecule has 2 saturated heterocycles. The molecule has 0 amide bonds. The van der Waals surface area contributed by atoms with E-state index in [1.807, 2.05) is 13.0 Å². The first-order chi connectivity index (χ1) is 10.1. The summed E-state index contributed by atoms with van der Waals surface area (Å²) in [5.74, 6) is 0. The number of fused-ring (bicyclic) bond motifs is 3. The van der Waals surface area contributed by atoms with Gasteiger partial charge in [-0.2, -0.15) is 0 Å². The highest BCUT2D eigenvalue weighted by Gasteiger charge is 2.37. The highest BCUT2D eigenvalue weighted by atomic mass is 35.5. The van der Waals surface area contributed by atoms with Crippen LogP contribution in [0.5, 0.6) is 0 Å². The van der Waals surface area contributed by atoms with Crippen LogP contribution in [-0.4, -0.2) is 35.1 Å². The van der Waals surface area contributed by atoms with Crippen LogP contribution in [0.25, 0.3) is 10.9 Å². The van der Waals surface area contributed by atoms with E-state index in [4.69, 9.17) is 0 Å². The lowest BCUT2D eigenvalue weighted by Crippen LogP contribution is -2.43. The van der Waals surface area contributed by atoms with Crippen LogP contribution in [0.4, 0.5) is 0 Å². The predicted octanol–water partition coefficient (Wildman–Crippen LogP) is 2.53. The van der Waals surface area contributed by atoms with Crippen molar-refractivity contribution in [1.82, 2.24) is 15.2 Å². The van der Waals surface area contributed by atoms with Crippen molar-refractivity contribution in [1.29, 1.82) is 0 Å². The van der Waals surface area contributed by atoms with Crippen molar-refractivity contribution in [2.45, 2.75) is 38.9 Å². The van der Waals surface area contributed by atoms with Gasteiger partial charge in [0.05, 0.1) is 5.52 Å². The van der Waals surface area contributed by atoms with E-state index in [9.17, 15) is 4.79 Å². The van der Waals surface area contributed by atoms with Crippen LogP contribution < -0.4 is 10.7 Å². The average Bonchev–Trinajstić information content (AvgIpc) is 3.02. The Balaban J connectivity index is 0.000000960. The van der Waals surface area contributed by atoms with Gasteiger partial charge in [-0.25, -0.2) is 0 Å². The molecule has 6 heteroatoms. The van der Waals surface area contributed by atoms with Gasteiger partial charge in [-0.3, -0.25) is 9.69 Å². The second kappa shape index (κ2) is 6.81. The summed E-state index contributed by atoms with van der Waals surface area (Å²) in [5.41, 5.74) is 4.44. The Labute approximate surface area is 148 Å². The normalized spacial score (nSPS) is 22.9. The molecular formula is C17H23Cl2N3O. The van der Waals surface area contributed by atoms with Gasteiger partial charge in [-0.1, -0.05) is 6.07 Å². The molecule has 2 aliphatic rings. The highest BCUT2D eigenvalue weighted by Crippen LogP contribution is 2.25. The highest BCUT2D eigenvalue weighted by molar-refractivity contribution is 5.85.